The van der Waals surface area contributed by atoms with E-state index in [2.05, 4.69) is 0 Å². The Balaban J connectivity index is 2.46. The fourth-order valence-electron chi connectivity index (χ4n) is 1.94. The highest BCUT2D eigenvalue weighted by Crippen LogP contribution is 2.16. The van der Waals surface area contributed by atoms with Gasteiger partial charge >= 0.3 is 5.97 Å². The molecular weight excluding hydrogens is 228 g/mol. The quantitative estimate of drug-likeness (QED) is 0.757. The van der Waals surface area contributed by atoms with Crippen LogP contribution in [0, 0.1) is 5.92 Å². The van der Waals surface area contributed by atoms with E-state index >= 15 is 0 Å². The number of hydrogen-bond donors (Lipinski definition) is 1. The molecule has 1 N–H and O–H groups in total. The summed E-state index contributed by atoms with van der Waals surface area (Å²) in [6.45, 7) is 4.03. The fraction of sp³-hybridized carbons (Fsp3) is 0.533. The Labute approximate surface area is 109 Å². The Morgan fingerprint density at radius 3 is 2.56 bits per heavy atom. The van der Waals surface area contributed by atoms with E-state index in [1.54, 1.807) is 6.92 Å². The van der Waals surface area contributed by atoms with Crippen LogP contribution in [-0.4, -0.2) is 17.2 Å². The molecule has 3 nitrogen and oxygen atoms in total. The maximum Gasteiger partial charge on any atom is 0.309 e. The van der Waals surface area contributed by atoms with Gasteiger partial charge in [-0.2, -0.15) is 0 Å². The summed E-state index contributed by atoms with van der Waals surface area (Å²) in [6.07, 6.45) is 1.68. The summed E-state index contributed by atoms with van der Waals surface area (Å²) < 4.78 is 5.29. The Bertz CT molecular complexity index is 346. The van der Waals surface area contributed by atoms with Gasteiger partial charge in [0.25, 0.3) is 0 Å². The minimum Gasteiger partial charge on any atom is -0.461 e. The third-order valence-corrected chi connectivity index (χ3v) is 2.82. The van der Waals surface area contributed by atoms with Gasteiger partial charge in [-0.25, -0.2) is 0 Å². The van der Waals surface area contributed by atoms with Crippen molar-refractivity contribution in [3.63, 3.8) is 0 Å². The Morgan fingerprint density at radius 1 is 1.33 bits per heavy atom. The molecule has 0 aliphatic carbocycles. The second kappa shape index (κ2) is 7.88. The van der Waals surface area contributed by atoms with Gasteiger partial charge in [-0.1, -0.05) is 43.7 Å². The molecule has 0 fully saturated rings. The lowest BCUT2D eigenvalue weighted by Crippen LogP contribution is -2.21. The van der Waals surface area contributed by atoms with Gasteiger partial charge in [0.1, 0.15) is 6.61 Å². The van der Waals surface area contributed by atoms with E-state index in [0.717, 1.165) is 18.4 Å². The van der Waals surface area contributed by atoms with Crippen LogP contribution in [0.4, 0.5) is 0 Å². The van der Waals surface area contributed by atoms with Crippen LogP contribution < -0.4 is 0 Å². The zero-order chi connectivity index (χ0) is 13.4. The van der Waals surface area contributed by atoms with Crippen LogP contribution in [0.1, 0.15) is 38.7 Å². The monoisotopic (exact) mass is 250 g/mol. The smallest absolute Gasteiger partial charge is 0.309 e. The van der Waals surface area contributed by atoms with E-state index in [1.807, 2.05) is 37.3 Å². The summed E-state index contributed by atoms with van der Waals surface area (Å²) in [4.78, 5) is 11.9. The number of rotatable bonds is 7. The van der Waals surface area contributed by atoms with E-state index in [0.29, 0.717) is 13.0 Å². The number of esters is 1. The molecule has 0 aliphatic heterocycles. The summed E-state index contributed by atoms with van der Waals surface area (Å²) >= 11 is 0. The molecule has 2 atom stereocenters. The Kier molecular flexibility index (Phi) is 6.44. The second-order valence-electron chi connectivity index (χ2n) is 4.66. The predicted molar refractivity (Wildman–Crippen MR) is 70.9 cm³/mol. The molecule has 0 saturated heterocycles. The highest BCUT2D eigenvalue weighted by Gasteiger charge is 2.20. The minimum atomic E-state index is -0.467. The first-order valence-electron chi connectivity index (χ1n) is 6.52. The van der Waals surface area contributed by atoms with Gasteiger partial charge in [-0.3, -0.25) is 4.79 Å². The van der Waals surface area contributed by atoms with Crippen molar-refractivity contribution in [3.8, 4) is 0 Å². The second-order valence-corrected chi connectivity index (χ2v) is 4.66. The molecule has 2 unspecified atom stereocenters. The minimum absolute atomic E-state index is 0.196. The molecule has 0 heterocycles. The summed E-state index contributed by atoms with van der Waals surface area (Å²) in [7, 11) is 0. The molecule has 0 saturated carbocycles. The standard InChI is InChI=1S/C15H22O3/c1-3-7-14(10-12(2)16)15(17)18-11-13-8-5-4-6-9-13/h4-6,8-9,12,14,16H,3,7,10-11H2,1-2H3. The van der Waals surface area contributed by atoms with Crippen molar-refractivity contribution in [2.45, 2.75) is 45.8 Å². The number of ether oxygens (including phenoxy) is 1. The molecule has 3 heteroatoms. The van der Waals surface area contributed by atoms with E-state index in [-0.39, 0.29) is 11.9 Å². The van der Waals surface area contributed by atoms with Gasteiger partial charge in [-0.15, -0.1) is 0 Å². The Morgan fingerprint density at radius 2 is 2.00 bits per heavy atom. The third-order valence-electron chi connectivity index (χ3n) is 2.82. The van der Waals surface area contributed by atoms with Crippen LogP contribution in [-0.2, 0) is 16.1 Å². The number of carbonyl (C=O) groups excluding carboxylic acids is 1. The third kappa shape index (κ3) is 5.32. The van der Waals surface area contributed by atoms with Crippen molar-refractivity contribution < 1.29 is 14.6 Å². The van der Waals surface area contributed by atoms with Gasteiger partial charge in [0.15, 0.2) is 0 Å². The van der Waals surface area contributed by atoms with Crippen LogP contribution in [0.2, 0.25) is 0 Å². The van der Waals surface area contributed by atoms with Crippen molar-refractivity contribution in [1.82, 2.24) is 0 Å². The SMILES string of the molecule is CCCC(CC(C)O)C(=O)OCc1ccccc1. The summed E-state index contributed by atoms with van der Waals surface area (Å²) in [5.41, 5.74) is 0.984. The molecule has 1 aromatic rings. The van der Waals surface area contributed by atoms with Gasteiger partial charge in [0.05, 0.1) is 12.0 Å². The van der Waals surface area contributed by atoms with E-state index in [4.69, 9.17) is 4.74 Å². The zero-order valence-electron chi connectivity index (χ0n) is 11.1. The lowest BCUT2D eigenvalue weighted by atomic mass is 9.97. The van der Waals surface area contributed by atoms with E-state index in [9.17, 15) is 9.90 Å². The maximum absolute atomic E-state index is 11.9. The van der Waals surface area contributed by atoms with E-state index < -0.39 is 6.10 Å². The molecule has 1 rings (SSSR count). The average Bonchev–Trinajstić information content (AvgIpc) is 2.36. The average molecular weight is 250 g/mol. The summed E-state index contributed by atoms with van der Waals surface area (Å²) in [5.74, 6) is -0.402. The van der Waals surface area contributed by atoms with Crippen LogP contribution in [0.15, 0.2) is 30.3 Å². The van der Waals surface area contributed by atoms with Gasteiger partial charge < -0.3 is 9.84 Å². The number of hydrogen-bond acceptors (Lipinski definition) is 3. The van der Waals surface area contributed by atoms with Gasteiger partial charge in [0.2, 0.25) is 0 Å². The zero-order valence-corrected chi connectivity index (χ0v) is 11.1. The predicted octanol–water partition coefficient (Wildman–Crippen LogP) is 2.92. The lowest BCUT2D eigenvalue weighted by Gasteiger charge is -2.16. The van der Waals surface area contributed by atoms with Crippen molar-refractivity contribution in [1.29, 1.82) is 0 Å². The van der Waals surface area contributed by atoms with Crippen LogP contribution >= 0.6 is 0 Å². The summed E-state index contributed by atoms with van der Waals surface area (Å²) in [5, 5.41) is 9.38. The molecule has 100 valence electrons. The van der Waals surface area contributed by atoms with Gasteiger partial charge in [-0.05, 0) is 25.3 Å². The highest BCUT2D eigenvalue weighted by molar-refractivity contribution is 5.72. The topological polar surface area (TPSA) is 46.5 Å². The molecule has 0 amide bonds. The van der Waals surface area contributed by atoms with E-state index in [1.165, 1.54) is 0 Å². The van der Waals surface area contributed by atoms with Gasteiger partial charge in [0, 0.05) is 0 Å². The first kappa shape index (κ1) is 14.7. The first-order valence-corrected chi connectivity index (χ1v) is 6.52. The van der Waals surface area contributed by atoms with Crippen molar-refractivity contribution in [2.24, 2.45) is 5.92 Å². The molecule has 0 aliphatic rings. The number of carbonyl (C=O) groups is 1. The van der Waals surface area contributed by atoms with Crippen molar-refractivity contribution >= 4 is 5.97 Å². The summed E-state index contributed by atoms with van der Waals surface area (Å²) in [6, 6.07) is 9.62. The Hall–Kier alpha value is -1.35. The largest absolute Gasteiger partial charge is 0.461 e. The van der Waals surface area contributed by atoms with Crippen LogP contribution in [0.25, 0.3) is 0 Å². The number of benzene rings is 1. The molecular formula is C15H22O3. The molecule has 0 bridgehead atoms. The lowest BCUT2D eigenvalue weighted by molar-refractivity contribution is -0.151. The molecule has 0 spiro atoms. The number of aliphatic hydroxyl groups is 1. The number of aliphatic hydroxyl groups excluding tert-OH is 1. The first-order chi connectivity index (χ1) is 8.63. The van der Waals surface area contributed by atoms with Crippen molar-refractivity contribution in [3.05, 3.63) is 35.9 Å². The molecule has 0 aromatic heterocycles. The highest BCUT2D eigenvalue weighted by atomic mass is 16.5. The fourth-order valence-corrected chi connectivity index (χ4v) is 1.94. The molecule has 1 aromatic carbocycles. The van der Waals surface area contributed by atoms with Crippen LogP contribution in [0.3, 0.4) is 0 Å². The molecule has 18 heavy (non-hydrogen) atoms. The van der Waals surface area contributed by atoms with Crippen LogP contribution in [0.5, 0.6) is 0 Å². The maximum atomic E-state index is 11.9. The molecule has 0 radical (unpaired) electrons. The normalized spacial score (nSPS) is 13.9. The van der Waals surface area contributed by atoms with Crippen molar-refractivity contribution in [2.75, 3.05) is 0 Å².